The van der Waals surface area contributed by atoms with Crippen LogP contribution in [0, 0.1) is 0 Å². The van der Waals surface area contributed by atoms with Gasteiger partial charge < -0.3 is 24.6 Å². The fraction of sp³-hybridized carbons (Fsp3) is 0.417. The van der Waals surface area contributed by atoms with Gasteiger partial charge in [0.25, 0.3) is 5.88 Å². The topological polar surface area (TPSA) is 128 Å². The number of carbonyl (C=O) groups is 1. The van der Waals surface area contributed by atoms with E-state index in [9.17, 15) is 4.79 Å². The van der Waals surface area contributed by atoms with Crippen molar-refractivity contribution in [3.8, 4) is 17.5 Å². The van der Waals surface area contributed by atoms with Gasteiger partial charge in [-0.25, -0.2) is 14.8 Å². The highest BCUT2D eigenvalue weighted by atomic mass is 16.6. The van der Waals surface area contributed by atoms with Crippen molar-refractivity contribution in [2.24, 2.45) is 0 Å². The Bertz CT molecular complexity index is 1120. The predicted molar refractivity (Wildman–Crippen MR) is 127 cm³/mol. The number of nitrogens with zero attached hydrogens (tertiary/aromatic N) is 3. The summed E-state index contributed by atoms with van der Waals surface area (Å²) in [6.07, 6.45) is 8.97. The minimum atomic E-state index is -1.14. The highest BCUT2D eigenvalue weighted by Crippen LogP contribution is 2.28. The average Bonchev–Trinajstić information content (AvgIpc) is 2.88. The molecule has 1 saturated carbocycles. The molecule has 0 unspecified atom stereocenters. The van der Waals surface area contributed by atoms with Crippen molar-refractivity contribution < 1.29 is 24.1 Å². The lowest BCUT2D eigenvalue weighted by atomic mass is 9.95. The van der Waals surface area contributed by atoms with Crippen LogP contribution < -0.4 is 24.8 Å². The highest BCUT2D eigenvalue weighted by Gasteiger charge is 2.15. The van der Waals surface area contributed by atoms with Crippen LogP contribution in [0.3, 0.4) is 0 Å². The molecule has 0 spiro atoms. The third-order valence-electron chi connectivity index (χ3n) is 5.66. The molecule has 0 atom stereocenters. The second-order valence-electron chi connectivity index (χ2n) is 8.07. The fourth-order valence-corrected chi connectivity index (χ4v) is 3.98. The van der Waals surface area contributed by atoms with E-state index in [0.717, 1.165) is 12.3 Å². The number of pyridine rings is 3. The normalized spacial score (nSPS) is 15.2. The van der Waals surface area contributed by atoms with Crippen molar-refractivity contribution in [1.29, 1.82) is 0 Å². The molecule has 10 nitrogen and oxygen atoms in total. The standard InChI is InChI=1S/C14H20N2O2.C10H9N3O3/c1-2-4-12(5-3-1)15-9-11-8-13-14(16-10-11)18-7-6-17-13;1-16-8-3-2-6-9(13-8)7(4-5-11-6)12-10(14)15/h8,10,12,15H,1-7,9H2;2-5H,1H3,(H,11,12)(H,14,15). The first-order valence-electron chi connectivity index (χ1n) is 11.4. The third kappa shape index (κ3) is 6.22. The van der Waals surface area contributed by atoms with E-state index < -0.39 is 6.09 Å². The van der Waals surface area contributed by atoms with Crippen LogP contribution in [0.25, 0.3) is 11.0 Å². The largest absolute Gasteiger partial charge is 0.484 e. The summed E-state index contributed by atoms with van der Waals surface area (Å²) in [5.74, 6) is 1.82. The zero-order chi connectivity index (χ0) is 23.8. The summed E-state index contributed by atoms with van der Waals surface area (Å²) < 4.78 is 15.9. The molecular weight excluding hydrogens is 438 g/mol. The molecule has 180 valence electrons. The van der Waals surface area contributed by atoms with Gasteiger partial charge in [-0.2, -0.15) is 0 Å². The molecule has 34 heavy (non-hydrogen) atoms. The molecule has 4 heterocycles. The molecule has 10 heteroatoms. The van der Waals surface area contributed by atoms with Crippen LogP contribution in [0.2, 0.25) is 0 Å². The zero-order valence-corrected chi connectivity index (χ0v) is 19.1. The summed E-state index contributed by atoms with van der Waals surface area (Å²) in [6.45, 7) is 2.09. The van der Waals surface area contributed by atoms with Crippen LogP contribution in [0.15, 0.2) is 36.7 Å². The Hall–Kier alpha value is -3.66. The van der Waals surface area contributed by atoms with Crippen molar-refractivity contribution in [1.82, 2.24) is 20.3 Å². The van der Waals surface area contributed by atoms with Crippen molar-refractivity contribution in [2.75, 3.05) is 25.6 Å². The molecule has 3 N–H and O–H groups in total. The molecule has 2 aliphatic rings. The Morgan fingerprint density at radius 2 is 1.97 bits per heavy atom. The lowest BCUT2D eigenvalue weighted by Gasteiger charge is -2.23. The van der Waals surface area contributed by atoms with E-state index in [-0.39, 0.29) is 0 Å². The smallest absolute Gasteiger partial charge is 0.409 e. The summed E-state index contributed by atoms with van der Waals surface area (Å²) in [4.78, 5) is 23.1. The fourth-order valence-electron chi connectivity index (χ4n) is 3.98. The first-order valence-corrected chi connectivity index (χ1v) is 11.4. The predicted octanol–water partition coefficient (Wildman–Crippen LogP) is 4.00. The number of nitrogens with one attached hydrogen (secondary N) is 2. The van der Waals surface area contributed by atoms with Crippen LogP contribution in [0.4, 0.5) is 10.5 Å². The lowest BCUT2D eigenvalue weighted by molar-refractivity contribution is 0.164. The van der Waals surface area contributed by atoms with Gasteiger partial charge in [0.05, 0.1) is 18.3 Å². The first-order chi connectivity index (χ1) is 16.6. The van der Waals surface area contributed by atoms with Gasteiger partial charge in [-0.3, -0.25) is 10.3 Å². The van der Waals surface area contributed by atoms with E-state index in [2.05, 4.69) is 25.6 Å². The number of carboxylic acid groups (broad SMARTS) is 1. The van der Waals surface area contributed by atoms with Gasteiger partial charge in [-0.1, -0.05) is 19.3 Å². The number of aromatic nitrogens is 3. The molecule has 5 rings (SSSR count). The number of hydrogen-bond donors (Lipinski definition) is 3. The van der Waals surface area contributed by atoms with Gasteiger partial charge in [0, 0.05) is 31.0 Å². The monoisotopic (exact) mass is 467 g/mol. The molecule has 0 saturated heterocycles. The Labute approximate surface area is 197 Å². The quantitative estimate of drug-likeness (QED) is 0.510. The maximum absolute atomic E-state index is 10.6. The molecule has 3 aromatic heterocycles. The van der Waals surface area contributed by atoms with Gasteiger partial charge in [0.15, 0.2) is 5.75 Å². The maximum atomic E-state index is 10.6. The Morgan fingerprint density at radius 1 is 1.15 bits per heavy atom. The summed E-state index contributed by atoms with van der Waals surface area (Å²) in [6, 6.07) is 7.64. The molecule has 0 bridgehead atoms. The zero-order valence-electron chi connectivity index (χ0n) is 19.1. The molecular formula is C24H29N5O5. The van der Waals surface area contributed by atoms with Crippen molar-refractivity contribution in [2.45, 2.75) is 44.7 Å². The number of fused-ring (bicyclic) bond motifs is 2. The molecule has 0 aromatic carbocycles. The number of anilines is 1. The molecule has 1 fully saturated rings. The second-order valence-corrected chi connectivity index (χ2v) is 8.07. The van der Waals surface area contributed by atoms with E-state index in [1.54, 1.807) is 18.2 Å². The van der Waals surface area contributed by atoms with E-state index in [0.29, 0.717) is 47.7 Å². The Kier molecular flexibility index (Phi) is 7.92. The number of ether oxygens (including phenoxy) is 3. The minimum absolute atomic E-state index is 0.386. The van der Waals surface area contributed by atoms with Crippen LogP contribution in [-0.4, -0.2) is 52.5 Å². The highest BCUT2D eigenvalue weighted by molar-refractivity contribution is 5.95. The van der Waals surface area contributed by atoms with Gasteiger partial charge >= 0.3 is 6.09 Å². The van der Waals surface area contributed by atoms with E-state index in [1.165, 1.54) is 51.0 Å². The summed E-state index contributed by atoms with van der Waals surface area (Å²) >= 11 is 0. The third-order valence-corrected chi connectivity index (χ3v) is 5.66. The summed E-state index contributed by atoms with van der Waals surface area (Å²) in [5, 5.41) is 14.5. The van der Waals surface area contributed by atoms with Crippen molar-refractivity contribution in [3.05, 3.63) is 42.2 Å². The van der Waals surface area contributed by atoms with E-state index >= 15 is 0 Å². The van der Waals surface area contributed by atoms with Gasteiger partial charge in [-0.05, 0) is 36.6 Å². The van der Waals surface area contributed by atoms with E-state index in [4.69, 9.17) is 19.3 Å². The minimum Gasteiger partial charge on any atom is -0.484 e. The number of hydrogen-bond acceptors (Lipinski definition) is 8. The Morgan fingerprint density at radius 3 is 2.76 bits per heavy atom. The van der Waals surface area contributed by atoms with Crippen LogP contribution in [0.1, 0.15) is 37.7 Å². The molecule has 1 aliphatic carbocycles. The van der Waals surface area contributed by atoms with Crippen molar-refractivity contribution in [3.63, 3.8) is 0 Å². The van der Waals surface area contributed by atoms with Crippen LogP contribution in [0.5, 0.6) is 17.5 Å². The Balaban J connectivity index is 0.000000162. The van der Waals surface area contributed by atoms with Gasteiger partial charge in [-0.15, -0.1) is 0 Å². The molecule has 1 amide bonds. The lowest BCUT2D eigenvalue weighted by Crippen LogP contribution is -2.30. The van der Waals surface area contributed by atoms with E-state index in [1.807, 2.05) is 12.3 Å². The van der Waals surface area contributed by atoms with Crippen LogP contribution in [-0.2, 0) is 6.54 Å². The number of rotatable bonds is 5. The SMILES string of the molecule is COc1ccc2nccc(NC(=O)O)c2n1.c1nc2c(cc1CNC1CCCCC1)OCCO2. The van der Waals surface area contributed by atoms with Gasteiger partial charge in [0.2, 0.25) is 5.88 Å². The second kappa shape index (κ2) is 11.5. The molecule has 1 aliphatic heterocycles. The first kappa shape index (κ1) is 23.5. The molecule has 3 aromatic rings. The van der Waals surface area contributed by atoms with Crippen molar-refractivity contribution >= 4 is 22.8 Å². The molecule has 0 radical (unpaired) electrons. The summed E-state index contributed by atoms with van der Waals surface area (Å²) in [7, 11) is 1.49. The maximum Gasteiger partial charge on any atom is 0.409 e. The average molecular weight is 468 g/mol. The van der Waals surface area contributed by atoms with Gasteiger partial charge in [0.1, 0.15) is 18.7 Å². The number of methoxy groups -OCH3 is 1. The number of amides is 1. The summed E-state index contributed by atoms with van der Waals surface area (Å²) in [5.41, 5.74) is 2.62. The van der Waals surface area contributed by atoms with Crippen LogP contribution >= 0.6 is 0 Å².